The third kappa shape index (κ3) is 5.18. The van der Waals surface area contributed by atoms with Crippen LogP contribution in [0.2, 0.25) is 10.0 Å². The molecule has 4 rings (SSSR count). The first-order chi connectivity index (χ1) is 17.3. The van der Waals surface area contributed by atoms with Crippen LogP contribution in [-0.4, -0.2) is 23.8 Å². The van der Waals surface area contributed by atoms with Gasteiger partial charge in [0, 0.05) is 15.6 Å². The first-order valence-corrected chi connectivity index (χ1v) is 13.6. The zero-order valence-corrected chi connectivity index (χ0v) is 23.9. The van der Waals surface area contributed by atoms with Crippen LogP contribution in [0.3, 0.4) is 0 Å². The molecular weight excluding hydrogens is 634 g/mol. The summed E-state index contributed by atoms with van der Waals surface area (Å²) in [5.41, 5.74) is 1.68. The van der Waals surface area contributed by atoms with Crippen molar-refractivity contribution in [3.05, 3.63) is 105 Å². The van der Waals surface area contributed by atoms with E-state index in [1.807, 2.05) is 6.07 Å². The molecule has 1 aliphatic heterocycles. The molecule has 0 bridgehead atoms. The van der Waals surface area contributed by atoms with Crippen LogP contribution in [0.25, 0.3) is 6.08 Å². The summed E-state index contributed by atoms with van der Waals surface area (Å²) in [5.74, 6) is 0.0549. The van der Waals surface area contributed by atoms with Gasteiger partial charge in [-0.05, 0) is 66.3 Å². The Morgan fingerprint density at radius 3 is 2.75 bits per heavy atom. The second kappa shape index (κ2) is 11.3. The Hall–Kier alpha value is -2.40. The van der Waals surface area contributed by atoms with Crippen LogP contribution in [0.4, 0.5) is 0 Å². The van der Waals surface area contributed by atoms with Gasteiger partial charge in [-0.25, -0.2) is 9.79 Å². The van der Waals surface area contributed by atoms with Gasteiger partial charge in [0.15, 0.2) is 4.80 Å². The number of esters is 1. The van der Waals surface area contributed by atoms with E-state index in [4.69, 9.17) is 32.7 Å². The SMILES string of the molecule is C=CCOc1c(I)cc(Cl)cc1/C=c1\sc2n(c1=O)[C@@H](c1ccccc1Cl)C(C(=O)OCC)=C(C)N=2. The molecule has 0 saturated heterocycles. The van der Waals surface area contributed by atoms with Crippen LogP contribution in [0.5, 0.6) is 5.75 Å². The fraction of sp³-hybridized carbons (Fsp3) is 0.192. The standard InChI is InChI=1S/C26H21Cl2IN2O4S/c1-4-10-35-23-15(11-16(27)13-19(23)29)12-20-24(32)31-22(17-8-6-7-9-18(17)28)21(25(33)34-5-2)14(3)30-26(31)36-20/h4,6-9,11-13,22H,1,5,10H2,2-3H3/b20-12-/t22-/m0/s1. The smallest absolute Gasteiger partial charge is 0.338 e. The second-order valence-electron chi connectivity index (χ2n) is 7.73. The van der Waals surface area contributed by atoms with E-state index in [1.165, 1.54) is 15.9 Å². The summed E-state index contributed by atoms with van der Waals surface area (Å²) < 4.78 is 13.9. The molecule has 1 aromatic heterocycles. The number of allylic oxidation sites excluding steroid dienone is 1. The van der Waals surface area contributed by atoms with E-state index in [2.05, 4.69) is 34.2 Å². The summed E-state index contributed by atoms with van der Waals surface area (Å²) in [6.45, 7) is 7.65. The number of aromatic nitrogens is 1. The van der Waals surface area contributed by atoms with E-state index in [1.54, 1.807) is 56.3 Å². The Morgan fingerprint density at radius 1 is 1.31 bits per heavy atom. The van der Waals surface area contributed by atoms with Crippen LogP contribution in [-0.2, 0) is 9.53 Å². The van der Waals surface area contributed by atoms with Gasteiger partial charge in [-0.15, -0.1) is 0 Å². The van der Waals surface area contributed by atoms with Gasteiger partial charge >= 0.3 is 5.97 Å². The number of fused-ring (bicyclic) bond motifs is 1. The van der Waals surface area contributed by atoms with E-state index in [-0.39, 0.29) is 17.7 Å². The van der Waals surface area contributed by atoms with Crippen molar-refractivity contribution >= 4 is 69.2 Å². The number of halogens is 3. The monoisotopic (exact) mass is 654 g/mol. The topological polar surface area (TPSA) is 69.9 Å². The molecule has 0 amide bonds. The number of rotatable bonds is 7. The summed E-state index contributed by atoms with van der Waals surface area (Å²) in [7, 11) is 0. The quantitative estimate of drug-likeness (QED) is 0.198. The lowest BCUT2D eigenvalue weighted by atomic mass is 9.96. The highest BCUT2D eigenvalue weighted by molar-refractivity contribution is 14.1. The second-order valence-corrected chi connectivity index (χ2v) is 10.7. The minimum Gasteiger partial charge on any atom is -0.488 e. The van der Waals surface area contributed by atoms with Crippen LogP contribution >= 0.6 is 57.1 Å². The third-order valence-electron chi connectivity index (χ3n) is 5.39. The first-order valence-electron chi connectivity index (χ1n) is 10.9. The molecule has 0 spiro atoms. The van der Waals surface area contributed by atoms with Crippen molar-refractivity contribution in [3.8, 4) is 5.75 Å². The Bertz CT molecular complexity index is 1580. The van der Waals surface area contributed by atoms with E-state index in [0.29, 0.717) is 48.6 Å². The number of ether oxygens (including phenoxy) is 2. The van der Waals surface area contributed by atoms with Crippen molar-refractivity contribution in [2.45, 2.75) is 19.9 Å². The lowest BCUT2D eigenvalue weighted by Crippen LogP contribution is -2.40. The van der Waals surface area contributed by atoms with Crippen LogP contribution < -0.4 is 19.6 Å². The number of nitrogens with zero attached hydrogens (tertiary/aromatic N) is 2. The van der Waals surface area contributed by atoms with Gasteiger partial charge in [0.05, 0.1) is 26.0 Å². The zero-order chi connectivity index (χ0) is 26.0. The number of hydrogen-bond donors (Lipinski definition) is 0. The van der Waals surface area contributed by atoms with Crippen molar-refractivity contribution in [2.24, 2.45) is 4.99 Å². The minimum atomic E-state index is -0.785. The van der Waals surface area contributed by atoms with Gasteiger partial charge in [0.2, 0.25) is 0 Å². The van der Waals surface area contributed by atoms with E-state index >= 15 is 0 Å². The molecule has 2 heterocycles. The molecule has 3 aromatic rings. The average molecular weight is 655 g/mol. The predicted octanol–water partition coefficient (Wildman–Crippen LogP) is 5.27. The van der Waals surface area contributed by atoms with Gasteiger partial charge in [-0.3, -0.25) is 9.36 Å². The maximum atomic E-state index is 13.8. The van der Waals surface area contributed by atoms with Gasteiger partial charge in [0.1, 0.15) is 18.4 Å². The highest BCUT2D eigenvalue weighted by Crippen LogP contribution is 2.35. The Labute approximate surface area is 235 Å². The molecule has 0 N–H and O–H groups in total. The minimum absolute atomic E-state index is 0.191. The molecule has 0 radical (unpaired) electrons. The summed E-state index contributed by atoms with van der Waals surface area (Å²) in [4.78, 5) is 31.9. The van der Waals surface area contributed by atoms with Gasteiger partial charge in [0.25, 0.3) is 5.56 Å². The Kier molecular flexibility index (Phi) is 8.39. The summed E-state index contributed by atoms with van der Waals surface area (Å²) >= 11 is 16.2. The van der Waals surface area contributed by atoms with Crippen molar-refractivity contribution in [3.63, 3.8) is 0 Å². The van der Waals surface area contributed by atoms with Crippen molar-refractivity contribution in [1.82, 2.24) is 4.57 Å². The first kappa shape index (κ1) is 26.7. The molecule has 0 unspecified atom stereocenters. The molecule has 1 atom stereocenters. The normalized spacial score (nSPS) is 15.4. The Balaban J connectivity index is 1.98. The summed E-state index contributed by atoms with van der Waals surface area (Å²) in [6, 6.07) is 9.86. The molecule has 186 valence electrons. The average Bonchev–Trinajstić information content (AvgIpc) is 3.12. The van der Waals surface area contributed by atoms with Gasteiger partial charge in [-0.1, -0.05) is 65.4 Å². The molecule has 6 nitrogen and oxygen atoms in total. The highest BCUT2D eigenvalue weighted by atomic mass is 127. The molecule has 0 saturated carbocycles. The van der Waals surface area contributed by atoms with Crippen LogP contribution in [0.1, 0.15) is 31.0 Å². The fourth-order valence-corrected chi connectivity index (χ4v) is 6.40. The van der Waals surface area contributed by atoms with Crippen molar-refractivity contribution < 1.29 is 14.3 Å². The molecule has 10 heteroatoms. The van der Waals surface area contributed by atoms with Crippen LogP contribution in [0.15, 0.2) is 70.1 Å². The third-order valence-corrected chi connectivity index (χ3v) is 7.73. The van der Waals surface area contributed by atoms with Crippen LogP contribution in [0, 0.1) is 3.57 Å². The number of thiazole rings is 1. The van der Waals surface area contributed by atoms with Crippen molar-refractivity contribution in [2.75, 3.05) is 13.2 Å². The molecule has 36 heavy (non-hydrogen) atoms. The summed E-state index contributed by atoms with van der Waals surface area (Å²) in [5, 5.41) is 0.942. The molecule has 0 aliphatic carbocycles. The maximum Gasteiger partial charge on any atom is 0.338 e. The Morgan fingerprint density at radius 2 is 2.06 bits per heavy atom. The van der Waals surface area contributed by atoms with E-state index < -0.39 is 12.0 Å². The number of benzene rings is 2. The highest BCUT2D eigenvalue weighted by Gasteiger charge is 2.34. The maximum absolute atomic E-state index is 13.8. The molecule has 2 aromatic carbocycles. The number of hydrogen-bond acceptors (Lipinski definition) is 6. The fourth-order valence-electron chi connectivity index (χ4n) is 3.91. The summed E-state index contributed by atoms with van der Waals surface area (Å²) in [6.07, 6.45) is 3.37. The lowest BCUT2D eigenvalue weighted by molar-refractivity contribution is -0.139. The number of carbonyl (C=O) groups is 1. The van der Waals surface area contributed by atoms with Crippen molar-refractivity contribution in [1.29, 1.82) is 0 Å². The lowest BCUT2D eigenvalue weighted by Gasteiger charge is -2.25. The largest absolute Gasteiger partial charge is 0.488 e. The van der Waals surface area contributed by atoms with Gasteiger partial charge < -0.3 is 9.47 Å². The molecular formula is C26H21Cl2IN2O4S. The molecule has 1 aliphatic rings. The van der Waals surface area contributed by atoms with E-state index in [0.717, 1.165) is 3.57 Å². The zero-order valence-electron chi connectivity index (χ0n) is 19.4. The molecule has 0 fully saturated rings. The van der Waals surface area contributed by atoms with E-state index in [9.17, 15) is 9.59 Å². The predicted molar refractivity (Wildman–Crippen MR) is 152 cm³/mol. The van der Waals surface area contributed by atoms with Gasteiger partial charge in [-0.2, -0.15) is 0 Å². The number of carbonyl (C=O) groups excluding carboxylic acids is 1.